The van der Waals surface area contributed by atoms with Crippen molar-refractivity contribution >= 4 is 32.5 Å². The maximum absolute atomic E-state index is 11.8. The van der Waals surface area contributed by atoms with E-state index in [1.807, 2.05) is 18.6 Å². The van der Waals surface area contributed by atoms with Crippen LogP contribution in [0.4, 0.5) is 0 Å². The quantitative estimate of drug-likeness (QED) is 0.380. The first-order valence-corrected chi connectivity index (χ1v) is 15.2. The van der Waals surface area contributed by atoms with E-state index < -0.39 is 43.1 Å². The second-order valence-corrected chi connectivity index (χ2v) is 13.8. The number of hydrogen-bond donors (Lipinski definition) is 2. The second-order valence-electron chi connectivity index (χ2n) is 11.4. The second kappa shape index (κ2) is 12.5. The van der Waals surface area contributed by atoms with Crippen molar-refractivity contribution in [3.63, 3.8) is 0 Å². The summed E-state index contributed by atoms with van der Waals surface area (Å²) in [5.41, 5.74) is -1.74. The van der Waals surface area contributed by atoms with Gasteiger partial charge in [0.2, 0.25) is 5.91 Å². The van der Waals surface area contributed by atoms with Crippen molar-refractivity contribution in [1.82, 2.24) is 4.72 Å². The molecule has 0 saturated heterocycles. The Morgan fingerprint density at radius 2 is 1.21 bits per heavy atom. The van der Waals surface area contributed by atoms with E-state index in [9.17, 15) is 26.4 Å². The van der Waals surface area contributed by atoms with Crippen molar-refractivity contribution in [2.24, 2.45) is 27.8 Å². The molecule has 0 bridgehead atoms. The fraction of sp³-hybridized carbons (Fsp3) is 0.920. The van der Waals surface area contributed by atoms with Gasteiger partial charge in [0.15, 0.2) is 0 Å². The van der Waals surface area contributed by atoms with Crippen LogP contribution in [-0.2, 0) is 43.3 Å². The van der Waals surface area contributed by atoms with Crippen LogP contribution in [0.15, 0.2) is 0 Å². The van der Waals surface area contributed by atoms with Crippen LogP contribution < -0.4 is 9.86 Å². The highest BCUT2D eigenvalue weighted by molar-refractivity contribution is 7.85. The Kier molecular flexibility index (Phi) is 12.1. The standard InChI is InChI=1S/C11H19NO4S.C8H14O2.C4H9NO3S.2CH4/c1-4-8-7-11(8,3)9(13)12-17(14,15)16-10(2)5-6-10;1-4-6-5-8(6,2)7(9)10-3;1-4(2-3-4)8-9(5,6)7;;/h8H,4-7H2,1-3H3,(H,12,13);6H,4-5H2,1-3H3;2-3H2,1H3,(H2,5,6,7);2*1H4/t8-,11+;6-,8+;;;/m11.../s1. The molecule has 0 heterocycles. The highest BCUT2D eigenvalue weighted by atomic mass is 32.2. The third kappa shape index (κ3) is 10.4. The lowest BCUT2D eigenvalue weighted by Gasteiger charge is -2.14. The molecular weight excluding hydrogens is 536 g/mol. The van der Waals surface area contributed by atoms with Gasteiger partial charge in [0, 0.05) is 0 Å². The highest BCUT2D eigenvalue weighted by Gasteiger charge is 2.56. The Hall–Kier alpha value is -1.28. The van der Waals surface area contributed by atoms with Gasteiger partial charge in [-0.25, -0.2) is 14.0 Å². The van der Waals surface area contributed by atoms with Gasteiger partial charge < -0.3 is 4.74 Å². The largest absolute Gasteiger partial charge is 0.469 e. The first-order chi connectivity index (χ1) is 16.3. The van der Waals surface area contributed by atoms with E-state index in [1.54, 1.807) is 20.8 Å². The van der Waals surface area contributed by atoms with E-state index in [4.69, 9.17) is 4.18 Å². The van der Waals surface area contributed by atoms with Crippen molar-refractivity contribution in [3.8, 4) is 0 Å². The van der Waals surface area contributed by atoms with Gasteiger partial charge >= 0.3 is 26.6 Å². The van der Waals surface area contributed by atoms with Crippen LogP contribution in [0, 0.1) is 22.7 Å². The monoisotopic (exact) mass is 586 g/mol. The van der Waals surface area contributed by atoms with Crippen molar-refractivity contribution in [3.05, 3.63) is 0 Å². The van der Waals surface area contributed by atoms with Crippen molar-refractivity contribution in [2.75, 3.05) is 7.11 Å². The van der Waals surface area contributed by atoms with Crippen LogP contribution in [0.3, 0.4) is 0 Å². The minimum Gasteiger partial charge on any atom is -0.469 e. The Balaban J connectivity index is 0.000000564. The van der Waals surface area contributed by atoms with Crippen molar-refractivity contribution < 1.29 is 39.5 Å². The van der Waals surface area contributed by atoms with E-state index in [-0.39, 0.29) is 32.2 Å². The topological polar surface area (TPSA) is 168 Å². The number of esters is 1. The fourth-order valence-corrected chi connectivity index (χ4v) is 6.10. The van der Waals surface area contributed by atoms with Crippen LogP contribution in [0.1, 0.15) is 108 Å². The maximum Gasteiger partial charge on any atom is 0.362 e. The molecule has 4 atom stereocenters. The summed E-state index contributed by atoms with van der Waals surface area (Å²) in [7, 11) is -6.21. The van der Waals surface area contributed by atoms with E-state index in [0.29, 0.717) is 5.92 Å². The summed E-state index contributed by atoms with van der Waals surface area (Å²) in [5, 5.41) is 4.61. The predicted molar refractivity (Wildman–Crippen MR) is 146 cm³/mol. The van der Waals surface area contributed by atoms with E-state index >= 15 is 0 Å². The van der Waals surface area contributed by atoms with Gasteiger partial charge in [-0.2, -0.15) is 16.8 Å². The lowest BCUT2D eigenvalue weighted by atomic mass is 10.1. The molecule has 4 aliphatic carbocycles. The molecule has 1 amide bonds. The third-order valence-electron chi connectivity index (χ3n) is 7.73. The summed E-state index contributed by atoms with van der Waals surface area (Å²) < 4.78 is 59.8. The summed E-state index contributed by atoms with van der Waals surface area (Å²) in [5.74, 6) is 0.377. The number of hydrogen-bond acceptors (Lipinski definition) is 9. The zero-order valence-corrected chi connectivity index (χ0v) is 24.0. The van der Waals surface area contributed by atoms with E-state index in [1.165, 1.54) is 7.11 Å². The van der Waals surface area contributed by atoms with Gasteiger partial charge in [-0.3, -0.25) is 13.8 Å². The average molecular weight is 587 g/mol. The number of ether oxygens (including phenoxy) is 1. The third-order valence-corrected chi connectivity index (χ3v) is 9.42. The number of methoxy groups -OCH3 is 1. The molecule has 0 aromatic carbocycles. The molecule has 0 unspecified atom stereocenters. The van der Waals surface area contributed by atoms with E-state index in [2.05, 4.69) is 21.0 Å². The molecule has 4 aliphatic rings. The molecule has 0 aliphatic heterocycles. The summed E-state index contributed by atoms with van der Waals surface area (Å²) in [6.45, 7) is 11.3. The van der Waals surface area contributed by atoms with Gasteiger partial charge in [-0.05, 0) is 71.1 Å². The number of nitrogens with one attached hydrogen (secondary N) is 1. The molecule has 0 radical (unpaired) electrons. The van der Waals surface area contributed by atoms with Gasteiger partial charge in [0.25, 0.3) is 0 Å². The van der Waals surface area contributed by atoms with Gasteiger partial charge in [-0.1, -0.05) is 48.5 Å². The Labute approximate surface area is 230 Å². The average Bonchev–Trinajstić information content (AvgIpc) is 3.61. The minimum absolute atomic E-state index is 0. The van der Waals surface area contributed by atoms with Crippen LogP contribution >= 0.6 is 0 Å². The Morgan fingerprint density at radius 3 is 1.50 bits per heavy atom. The Bertz CT molecular complexity index is 1050. The molecule has 3 N–H and O–H groups in total. The Morgan fingerprint density at radius 1 is 0.816 bits per heavy atom. The first-order valence-electron chi connectivity index (χ1n) is 12.4. The number of amides is 1. The van der Waals surface area contributed by atoms with Gasteiger partial charge in [0.05, 0.1) is 29.1 Å². The van der Waals surface area contributed by atoms with Crippen LogP contribution in [0.25, 0.3) is 0 Å². The predicted octanol–water partition coefficient (Wildman–Crippen LogP) is 3.98. The molecule has 13 heteroatoms. The highest BCUT2D eigenvalue weighted by Crippen LogP contribution is 2.55. The normalized spacial score (nSPS) is 30.7. The smallest absolute Gasteiger partial charge is 0.362 e. The fourth-order valence-electron chi connectivity index (χ4n) is 4.17. The molecule has 4 saturated carbocycles. The zero-order valence-electron chi connectivity index (χ0n) is 22.4. The SMILES string of the molecule is C.C.CC1(OS(N)(=O)=O)CC1.CC[C@@H]1C[C@]1(C)C(=O)NS(=O)(=O)OC1(C)CC1.CC[C@@H]1C[C@]1(C)C(=O)OC. The molecule has 38 heavy (non-hydrogen) atoms. The zero-order chi connectivity index (χ0) is 27.8. The molecule has 0 spiro atoms. The molecular formula is C25H50N2O9S2. The number of carbonyl (C=O) groups is 2. The summed E-state index contributed by atoms with van der Waals surface area (Å²) >= 11 is 0. The molecule has 0 aromatic rings. The molecule has 0 aromatic heterocycles. The summed E-state index contributed by atoms with van der Waals surface area (Å²) in [4.78, 5) is 22.9. The van der Waals surface area contributed by atoms with Gasteiger partial charge in [0.1, 0.15) is 0 Å². The summed E-state index contributed by atoms with van der Waals surface area (Å²) in [6, 6.07) is 0. The van der Waals surface area contributed by atoms with Gasteiger partial charge in [-0.15, -0.1) is 0 Å². The number of rotatable bonds is 9. The maximum atomic E-state index is 11.8. The summed E-state index contributed by atoms with van der Waals surface area (Å²) in [6.07, 6.45) is 6.74. The number of carbonyl (C=O) groups excluding carboxylic acids is 2. The van der Waals surface area contributed by atoms with Crippen LogP contribution in [-0.4, -0.2) is 47.0 Å². The molecule has 4 fully saturated rings. The van der Waals surface area contributed by atoms with Crippen molar-refractivity contribution in [1.29, 1.82) is 0 Å². The van der Waals surface area contributed by atoms with Crippen molar-refractivity contribution in [2.45, 2.75) is 119 Å². The lowest BCUT2D eigenvalue weighted by Crippen LogP contribution is -2.39. The van der Waals surface area contributed by atoms with Crippen LogP contribution in [0.2, 0.25) is 0 Å². The molecule has 226 valence electrons. The van der Waals surface area contributed by atoms with E-state index in [0.717, 1.165) is 51.4 Å². The number of nitrogens with two attached hydrogens (primary N) is 1. The lowest BCUT2D eigenvalue weighted by molar-refractivity contribution is -0.147. The first kappa shape index (κ1) is 36.7. The van der Waals surface area contributed by atoms with Crippen LogP contribution in [0.5, 0.6) is 0 Å². The molecule has 4 rings (SSSR count). The molecule has 11 nitrogen and oxygen atoms in total. The minimum atomic E-state index is -3.95.